The van der Waals surface area contributed by atoms with Gasteiger partial charge in [-0.2, -0.15) is 0 Å². The molecule has 202 valence electrons. The summed E-state index contributed by atoms with van der Waals surface area (Å²) in [7, 11) is 1.47. The zero-order valence-corrected chi connectivity index (χ0v) is 24.3. The minimum atomic E-state index is -0.397. The molecule has 1 heterocycles. The Morgan fingerprint density at radius 1 is 1.02 bits per heavy atom. The highest BCUT2D eigenvalue weighted by Crippen LogP contribution is 2.39. The predicted molar refractivity (Wildman–Crippen MR) is 162 cm³/mol. The van der Waals surface area contributed by atoms with Crippen LogP contribution < -0.4 is 14.8 Å². The first-order chi connectivity index (χ1) is 19.3. The Labute approximate surface area is 248 Å². The van der Waals surface area contributed by atoms with Crippen LogP contribution in [-0.4, -0.2) is 35.7 Å². The van der Waals surface area contributed by atoms with Gasteiger partial charge in [0.25, 0.3) is 17.1 Å². The van der Waals surface area contributed by atoms with Crippen molar-refractivity contribution in [3.8, 4) is 11.5 Å². The van der Waals surface area contributed by atoms with Crippen LogP contribution in [0.1, 0.15) is 11.1 Å². The van der Waals surface area contributed by atoms with Gasteiger partial charge in [-0.25, -0.2) is 0 Å². The minimum absolute atomic E-state index is 0.183. The van der Waals surface area contributed by atoms with Crippen LogP contribution in [0.25, 0.3) is 16.8 Å². The molecule has 3 amide bonds. The Morgan fingerprint density at radius 3 is 2.55 bits per heavy atom. The fourth-order valence-electron chi connectivity index (χ4n) is 4.16. The first-order valence-electron chi connectivity index (χ1n) is 12.1. The summed E-state index contributed by atoms with van der Waals surface area (Å²) in [6.07, 6.45) is 1.63. The van der Waals surface area contributed by atoms with E-state index in [9.17, 15) is 14.4 Å². The molecule has 0 saturated carbocycles. The third-order valence-corrected chi connectivity index (χ3v) is 7.90. The topological polar surface area (TPSA) is 84.9 Å². The number of hydrogen-bond acceptors (Lipinski definition) is 6. The number of carbonyl (C=O) groups is 3. The molecule has 7 nitrogen and oxygen atoms in total. The van der Waals surface area contributed by atoms with Crippen LogP contribution in [0, 0.1) is 0 Å². The molecule has 0 unspecified atom stereocenters. The van der Waals surface area contributed by atoms with Crippen molar-refractivity contribution in [3.63, 3.8) is 0 Å². The lowest BCUT2D eigenvalue weighted by atomic mass is 10.1. The van der Waals surface area contributed by atoms with Crippen LogP contribution in [0.5, 0.6) is 11.5 Å². The molecule has 5 rings (SSSR count). The molecule has 10 heteroatoms. The largest absolute Gasteiger partial charge is 0.493 e. The van der Waals surface area contributed by atoms with Crippen molar-refractivity contribution in [1.29, 1.82) is 0 Å². The number of methoxy groups -OCH3 is 1. The lowest BCUT2D eigenvalue weighted by Crippen LogP contribution is -2.27. The van der Waals surface area contributed by atoms with Crippen molar-refractivity contribution in [2.45, 2.75) is 6.54 Å². The van der Waals surface area contributed by atoms with Gasteiger partial charge in [0.05, 0.1) is 33.7 Å². The zero-order valence-electron chi connectivity index (χ0n) is 21.1. The molecule has 0 radical (unpaired) electrons. The molecule has 1 saturated heterocycles. The Hall–Kier alpha value is -3.79. The Balaban J connectivity index is 1.29. The fourth-order valence-corrected chi connectivity index (χ4v) is 5.75. The number of anilines is 1. The number of halogens is 2. The normalized spacial score (nSPS) is 14.2. The standard InChI is InChI=1S/C30H22BrClN2O5S/c1-38-25-14-19(13-22(31)28(25)39-17-27(35)33-24-9-5-4-8-23(24)32)15-26-29(36)34(30(37)40-26)16-18-10-11-20-6-2-3-7-21(20)12-18/h2-15H,16-17H2,1H3,(H,33,35)/b26-15-. The minimum Gasteiger partial charge on any atom is -0.493 e. The van der Waals surface area contributed by atoms with Crippen molar-refractivity contribution in [3.05, 3.63) is 104 Å². The number of rotatable bonds is 8. The number of fused-ring (bicyclic) bond motifs is 1. The second kappa shape index (κ2) is 12.2. The number of benzene rings is 4. The van der Waals surface area contributed by atoms with Crippen LogP contribution in [0.3, 0.4) is 0 Å². The third kappa shape index (κ3) is 6.17. The Bertz CT molecular complexity index is 1680. The molecule has 0 atom stereocenters. The highest BCUT2D eigenvalue weighted by atomic mass is 79.9. The second-order valence-corrected chi connectivity index (χ2v) is 11.1. The smallest absolute Gasteiger partial charge is 0.293 e. The van der Waals surface area contributed by atoms with Crippen molar-refractivity contribution < 1.29 is 23.9 Å². The monoisotopic (exact) mass is 636 g/mol. The molecule has 0 bridgehead atoms. The van der Waals surface area contributed by atoms with E-state index < -0.39 is 5.91 Å². The van der Waals surface area contributed by atoms with Gasteiger partial charge in [-0.1, -0.05) is 60.1 Å². The van der Waals surface area contributed by atoms with Gasteiger partial charge in [-0.15, -0.1) is 0 Å². The third-order valence-electron chi connectivity index (χ3n) is 6.07. The highest BCUT2D eigenvalue weighted by Gasteiger charge is 2.35. The van der Waals surface area contributed by atoms with Gasteiger partial charge in [0.1, 0.15) is 0 Å². The summed E-state index contributed by atoms with van der Waals surface area (Å²) in [6, 6.07) is 24.1. The summed E-state index contributed by atoms with van der Waals surface area (Å²) in [5, 5.41) is 4.92. The maximum atomic E-state index is 13.1. The number of nitrogens with one attached hydrogen (secondary N) is 1. The number of para-hydroxylation sites is 1. The second-order valence-electron chi connectivity index (χ2n) is 8.80. The van der Waals surface area contributed by atoms with E-state index in [1.54, 1.807) is 42.5 Å². The summed E-state index contributed by atoms with van der Waals surface area (Å²) in [5.41, 5.74) is 1.97. The molecule has 1 aliphatic rings. The maximum Gasteiger partial charge on any atom is 0.293 e. The Kier molecular flexibility index (Phi) is 8.44. The number of thioether (sulfide) groups is 1. The summed E-state index contributed by atoms with van der Waals surface area (Å²) in [4.78, 5) is 39.8. The average Bonchev–Trinajstić information content (AvgIpc) is 3.20. The predicted octanol–water partition coefficient (Wildman–Crippen LogP) is 7.52. The van der Waals surface area contributed by atoms with E-state index in [1.807, 2.05) is 42.5 Å². The summed E-state index contributed by atoms with van der Waals surface area (Å²) >= 11 is 10.4. The lowest BCUT2D eigenvalue weighted by molar-refractivity contribution is -0.123. The molecule has 4 aromatic carbocycles. The van der Waals surface area contributed by atoms with Gasteiger partial charge >= 0.3 is 0 Å². The first kappa shape index (κ1) is 27.8. The number of ether oxygens (including phenoxy) is 2. The van der Waals surface area contributed by atoms with Gasteiger partial charge < -0.3 is 14.8 Å². The number of imide groups is 1. The molecule has 40 heavy (non-hydrogen) atoms. The highest BCUT2D eigenvalue weighted by molar-refractivity contribution is 9.10. The molecule has 0 aromatic heterocycles. The molecule has 4 aromatic rings. The SMILES string of the molecule is COc1cc(/C=C2\SC(=O)N(Cc3ccc4ccccc4c3)C2=O)cc(Br)c1OCC(=O)Nc1ccccc1Cl. The van der Waals surface area contributed by atoms with Crippen molar-refractivity contribution >= 4 is 78.9 Å². The lowest BCUT2D eigenvalue weighted by Gasteiger charge is -2.14. The van der Waals surface area contributed by atoms with E-state index in [4.69, 9.17) is 21.1 Å². The van der Waals surface area contributed by atoms with E-state index in [1.165, 1.54) is 12.0 Å². The van der Waals surface area contributed by atoms with E-state index >= 15 is 0 Å². The summed E-state index contributed by atoms with van der Waals surface area (Å²) in [5.74, 6) is -0.0963. The summed E-state index contributed by atoms with van der Waals surface area (Å²) < 4.78 is 11.7. The van der Waals surface area contributed by atoms with Gasteiger partial charge in [0.15, 0.2) is 18.1 Å². The molecule has 1 N–H and O–H groups in total. The van der Waals surface area contributed by atoms with Gasteiger partial charge in [0.2, 0.25) is 0 Å². The van der Waals surface area contributed by atoms with Crippen LogP contribution in [-0.2, 0) is 16.1 Å². The molecule has 0 spiro atoms. The fraction of sp³-hybridized carbons (Fsp3) is 0.100. The first-order valence-corrected chi connectivity index (χ1v) is 14.1. The van der Waals surface area contributed by atoms with Gasteiger partial charge in [-0.3, -0.25) is 19.3 Å². The van der Waals surface area contributed by atoms with E-state index in [0.717, 1.165) is 28.1 Å². The number of nitrogens with zero attached hydrogens (tertiary/aromatic N) is 1. The summed E-state index contributed by atoms with van der Waals surface area (Å²) in [6.45, 7) is -0.101. The Morgan fingerprint density at radius 2 is 1.77 bits per heavy atom. The number of carbonyl (C=O) groups excluding carboxylic acids is 3. The van der Waals surface area contributed by atoms with Crippen molar-refractivity contribution in [2.75, 3.05) is 19.0 Å². The van der Waals surface area contributed by atoms with E-state index in [-0.39, 0.29) is 24.3 Å². The van der Waals surface area contributed by atoms with E-state index in [2.05, 4.69) is 21.2 Å². The van der Waals surface area contributed by atoms with E-state index in [0.29, 0.717) is 37.2 Å². The van der Waals surface area contributed by atoms with Gasteiger partial charge in [-0.05, 0) is 86.0 Å². The number of amides is 3. The quantitative estimate of drug-likeness (QED) is 0.201. The molecular weight excluding hydrogens is 616 g/mol. The van der Waals surface area contributed by atoms with Crippen molar-refractivity contribution in [1.82, 2.24) is 4.90 Å². The molecule has 0 aliphatic carbocycles. The van der Waals surface area contributed by atoms with Gasteiger partial charge in [0, 0.05) is 0 Å². The maximum absolute atomic E-state index is 13.1. The van der Waals surface area contributed by atoms with Crippen LogP contribution in [0.15, 0.2) is 88.2 Å². The van der Waals surface area contributed by atoms with Crippen molar-refractivity contribution in [2.24, 2.45) is 0 Å². The zero-order chi connectivity index (χ0) is 28.2. The average molecular weight is 638 g/mol. The number of hydrogen-bond donors (Lipinski definition) is 1. The van der Waals surface area contributed by atoms with Crippen LogP contribution in [0.2, 0.25) is 5.02 Å². The molecular formula is C30H22BrClN2O5S. The van der Waals surface area contributed by atoms with Crippen LogP contribution >= 0.6 is 39.3 Å². The molecule has 1 aliphatic heterocycles. The van der Waals surface area contributed by atoms with Crippen LogP contribution in [0.4, 0.5) is 10.5 Å². The molecule has 1 fully saturated rings.